The van der Waals surface area contributed by atoms with Gasteiger partial charge in [0.05, 0.1) is 5.75 Å². The quantitative estimate of drug-likeness (QED) is 0.563. The number of hydrogen-bond acceptors (Lipinski definition) is 6. The van der Waals surface area contributed by atoms with Crippen LogP contribution < -0.4 is 5.32 Å². The predicted octanol–water partition coefficient (Wildman–Crippen LogP) is 2.60. The zero-order valence-electron chi connectivity index (χ0n) is 14.4. The van der Waals surface area contributed by atoms with Crippen molar-refractivity contribution in [2.45, 2.75) is 31.8 Å². The van der Waals surface area contributed by atoms with Gasteiger partial charge in [-0.1, -0.05) is 11.8 Å². The van der Waals surface area contributed by atoms with E-state index < -0.39 is 0 Å². The van der Waals surface area contributed by atoms with Crippen LogP contribution in [0.5, 0.6) is 0 Å². The maximum atomic E-state index is 12.6. The highest BCUT2D eigenvalue weighted by Crippen LogP contribution is 2.25. The molecule has 26 heavy (non-hydrogen) atoms. The van der Waals surface area contributed by atoms with Crippen LogP contribution in [-0.2, 0) is 11.2 Å². The van der Waals surface area contributed by atoms with Gasteiger partial charge in [-0.05, 0) is 50.1 Å². The second-order valence-electron chi connectivity index (χ2n) is 6.29. The van der Waals surface area contributed by atoms with Crippen molar-refractivity contribution in [1.29, 1.82) is 0 Å². The number of benzene rings is 1. The summed E-state index contributed by atoms with van der Waals surface area (Å²) < 4.78 is 1.85. The topological polar surface area (TPSA) is 89.2 Å². The van der Waals surface area contributed by atoms with Gasteiger partial charge in [-0.25, -0.2) is 4.98 Å². The maximum Gasteiger partial charge on any atom is 0.256 e. The highest BCUT2D eigenvalue weighted by molar-refractivity contribution is 7.99. The molecule has 0 radical (unpaired) electrons. The Morgan fingerprint density at radius 1 is 1.23 bits per heavy atom. The summed E-state index contributed by atoms with van der Waals surface area (Å²) in [6.07, 6.45) is 1.12. The lowest BCUT2D eigenvalue weighted by molar-refractivity contribution is -0.116. The first-order valence-electron chi connectivity index (χ1n) is 8.29. The van der Waals surface area contributed by atoms with Gasteiger partial charge in [-0.15, -0.1) is 10.2 Å². The molecule has 132 valence electrons. The van der Waals surface area contributed by atoms with Gasteiger partial charge in [0.25, 0.3) is 5.78 Å². The highest BCUT2D eigenvalue weighted by Gasteiger charge is 2.18. The molecule has 0 aliphatic carbocycles. The molecule has 0 bridgehead atoms. The van der Waals surface area contributed by atoms with Gasteiger partial charge in [0.2, 0.25) is 5.91 Å². The Morgan fingerprint density at radius 3 is 2.92 bits per heavy atom. The van der Waals surface area contributed by atoms with Crippen LogP contribution in [-0.4, -0.2) is 37.0 Å². The molecule has 0 atom stereocenters. The molecule has 2 aromatic heterocycles. The average Bonchev–Trinajstić information content (AvgIpc) is 3.02. The SMILES string of the molecule is Cc1cc(C)n2c(SCC(=O)c3ccc4c(c3)CCC(=O)N4)nnc2n1. The van der Waals surface area contributed by atoms with Crippen molar-refractivity contribution >= 4 is 34.9 Å². The van der Waals surface area contributed by atoms with E-state index in [0.29, 0.717) is 29.3 Å². The Morgan fingerprint density at radius 2 is 2.08 bits per heavy atom. The lowest BCUT2D eigenvalue weighted by Crippen LogP contribution is -2.19. The van der Waals surface area contributed by atoms with Gasteiger partial charge in [0.1, 0.15) is 0 Å². The van der Waals surface area contributed by atoms with E-state index in [1.165, 1.54) is 11.8 Å². The Kier molecular flexibility index (Phi) is 4.20. The summed E-state index contributed by atoms with van der Waals surface area (Å²) in [6.45, 7) is 3.88. The second-order valence-corrected chi connectivity index (χ2v) is 7.23. The van der Waals surface area contributed by atoms with Crippen molar-refractivity contribution in [3.05, 3.63) is 46.8 Å². The van der Waals surface area contributed by atoms with Crippen molar-refractivity contribution in [3.8, 4) is 0 Å². The monoisotopic (exact) mass is 367 g/mol. The molecule has 1 amide bonds. The van der Waals surface area contributed by atoms with Crippen LogP contribution in [0, 0.1) is 13.8 Å². The van der Waals surface area contributed by atoms with Gasteiger partial charge in [-0.2, -0.15) is 0 Å². The average molecular weight is 367 g/mol. The molecule has 0 saturated carbocycles. The summed E-state index contributed by atoms with van der Waals surface area (Å²) in [4.78, 5) is 28.4. The molecule has 1 aromatic carbocycles. The summed E-state index contributed by atoms with van der Waals surface area (Å²) in [7, 11) is 0. The van der Waals surface area contributed by atoms with E-state index in [4.69, 9.17) is 0 Å². The molecule has 3 heterocycles. The molecule has 7 nitrogen and oxygen atoms in total. The van der Waals surface area contributed by atoms with Crippen molar-refractivity contribution in [1.82, 2.24) is 19.6 Å². The number of hydrogen-bond donors (Lipinski definition) is 1. The van der Waals surface area contributed by atoms with Gasteiger partial charge < -0.3 is 5.32 Å². The Labute approximate surface area is 154 Å². The third-order valence-electron chi connectivity index (χ3n) is 4.32. The van der Waals surface area contributed by atoms with E-state index in [1.807, 2.05) is 30.4 Å². The molecule has 0 fully saturated rings. The maximum absolute atomic E-state index is 12.6. The zero-order chi connectivity index (χ0) is 18.3. The molecular formula is C18H17N5O2S. The highest BCUT2D eigenvalue weighted by atomic mass is 32.2. The minimum atomic E-state index is 0.0178. The number of amides is 1. The van der Waals surface area contributed by atoms with E-state index >= 15 is 0 Å². The minimum Gasteiger partial charge on any atom is -0.326 e. The number of ketones is 1. The Bertz CT molecular complexity index is 1040. The lowest BCUT2D eigenvalue weighted by atomic mass is 9.99. The lowest BCUT2D eigenvalue weighted by Gasteiger charge is -2.17. The van der Waals surface area contributed by atoms with Crippen LogP contribution in [0.25, 0.3) is 5.78 Å². The molecule has 3 aromatic rings. The van der Waals surface area contributed by atoms with E-state index in [0.717, 1.165) is 22.6 Å². The van der Waals surface area contributed by atoms with E-state index in [9.17, 15) is 9.59 Å². The number of fused-ring (bicyclic) bond motifs is 2. The molecule has 1 N–H and O–H groups in total. The van der Waals surface area contributed by atoms with Crippen molar-refractivity contribution in [2.75, 3.05) is 11.1 Å². The number of rotatable bonds is 4. The summed E-state index contributed by atoms with van der Waals surface area (Å²) in [5, 5.41) is 11.7. The van der Waals surface area contributed by atoms with Gasteiger partial charge in [0, 0.05) is 29.1 Å². The zero-order valence-corrected chi connectivity index (χ0v) is 15.3. The van der Waals surface area contributed by atoms with Gasteiger partial charge >= 0.3 is 0 Å². The fraction of sp³-hybridized carbons (Fsp3) is 0.278. The van der Waals surface area contributed by atoms with Crippen LogP contribution >= 0.6 is 11.8 Å². The van der Waals surface area contributed by atoms with Crippen molar-refractivity contribution < 1.29 is 9.59 Å². The second kappa shape index (κ2) is 6.53. The fourth-order valence-electron chi connectivity index (χ4n) is 3.06. The Balaban J connectivity index is 1.52. The molecule has 0 saturated heterocycles. The predicted molar refractivity (Wildman–Crippen MR) is 98.7 cm³/mol. The molecule has 0 spiro atoms. The number of carbonyl (C=O) groups is 2. The molecular weight excluding hydrogens is 350 g/mol. The van der Waals surface area contributed by atoms with Crippen LogP contribution in [0.15, 0.2) is 29.4 Å². The number of aromatic nitrogens is 4. The fourth-order valence-corrected chi connectivity index (χ4v) is 3.94. The summed E-state index contributed by atoms with van der Waals surface area (Å²) >= 11 is 1.35. The normalized spacial score (nSPS) is 13.5. The number of carbonyl (C=O) groups excluding carboxylic acids is 2. The summed E-state index contributed by atoms with van der Waals surface area (Å²) in [5.74, 6) is 0.843. The number of nitrogens with one attached hydrogen (secondary N) is 1. The van der Waals surface area contributed by atoms with E-state index in [-0.39, 0.29) is 17.4 Å². The molecule has 8 heteroatoms. The van der Waals surface area contributed by atoms with Crippen LogP contribution in [0.2, 0.25) is 0 Å². The smallest absolute Gasteiger partial charge is 0.256 e. The van der Waals surface area contributed by atoms with Crippen LogP contribution in [0.3, 0.4) is 0 Å². The Hall–Kier alpha value is -2.74. The molecule has 1 aliphatic rings. The molecule has 4 rings (SSSR count). The summed E-state index contributed by atoms with van der Waals surface area (Å²) in [5.41, 5.74) is 4.31. The standard InChI is InChI=1S/C18H17N5O2S/c1-10-7-11(2)23-17(19-10)21-22-18(23)26-9-15(24)13-3-5-14-12(8-13)4-6-16(25)20-14/h3,5,7-8H,4,6,9H2,1-2H3,(H,20,25). The first-order chi connectivity index (χ1) is 12.5. The van der Waals surface area contributed by atoms with Gasteiger partial charge in [-0.3, -0.25) is 14.0 Å². The van der Waals surface area contributed by atoms with Crippen LogP contribution in [0.1, 0.15) is 33.7 Å². The largest absolute Gasteiger partial charge is 0.326 e. The van der Waals surface area contributed by atoms with Crippen LogP contribution in [0.4, 0.5) is 5.69 Å². The number of nitrogens with zero attached hydrogens (tertiary/aromatic N) is 4. The van der Waals surface area contributed by atoms with Gasteiger partial charge in [0.15, 0.2) is 10.9 Å². The third-order valence-corrected chi connectivity index (χ3v) is 5.25. The number of aryl methyl sites for hydroxylation is 3. The minimum absolute atomic E-state index is 0.0178. The molecule has 1 aliphatic heterocycles. The first-order valence-corrected chi connectivity index (χ1v) is 9.28. The number of thioether (sulfide) groups is 1. The van der Waals surface area contributed by atoms with Crippen molar-refractivity contribution in [3.63, 3.8) is 0 Å². The first kappa shape index (κ1) is 16.7. The number of anilines is 1. The van der Waals surface area contributed by atoms with Crippen molar-refractivity contribution in [2.24, 2.45) is 0 Å². The number of Topliss-reactive ketones (excluding diaryl/α,β-unsaturated/α-hetero) is 1. The molecule has 0 unspecified atom stereocenters. The third kappa shape index (κ3) is 3.08. The van der Waals surface area contributed by atoms with E-state index in [2.05, 4.69) is 20.5 Å². The summed E-state index contributed by atoms with van der Waals surface area (Å²) in [6, 6.07) is 7.38. The van der Waals surface area contributed by atoms with E-state index in [1.54, 1.807) is 12.1 Å².